The van der Waals surface area contributed by atoms with Crippen molar-refractivity contribution in [1.29, 1.82) is 0 Å². The van der Waals surface area contributed by atoms with Gasteiger partial charge in [-0.2, -0.15) is 0 Å². The summed E-state index contributed by atoms with van der Waals surface area (Å²) in [6.45, 7) is 10.1. The maximum atomic E-state index is 6.00. The molecule has 0 heterocycles. The third-order valence-corrected chi connectivity index (χ3v) is 5.69. The van der Waals surface area contributed by atoms with E-state index in [9.17, 15) is 0 Å². The predicted molar refractivity (Wildman–Crippen MR) is 73.9 cm³/mol. The molecule has 0 aliphatic heterocycles. The van der Waals surface area contributed by atoms with Gasteiger partial charge in [0.25, 0.3) is 0 Å². The minimum absolute atomic E-state index is 0.219. The summed E-state index contributed by atoms with van der Waals surface area (Å²) >= 11 is 0. The molecule has 0 aromatic carbocycles. The second-order valence-corrected chi connectivity index (χ2v) is 6.53. The van der Waals surface area contributed by atoms with Gasteiger partial charge in [0.2, 0.25) is 0 Å². The van der Waals surface area contributed by atoms with Gasteiger partial charge in [0.1, 0.15) is 0 Å². The van der Waals surface area contributed by atoms with Crippen LogP contribution in [0.25, 0.3) is 0 Å². The van der Waals surface area contributed by atoms with Crippen LogP contribution in [-0.2, 0) is 0 Å². The predicted octanol–water partition coefficient (Wildman–Crippen LogP) is 2.87. The lowest BCUT2D eigenvalue weighted by atomic mass is 9.86. The van der Waals surface area contributed by atoms with E-state index in [1.807, 2.05) is 0 Å². The molecule has 2 bridgehead atoms. The molecule has 2 N–H and O–H groups in total. The normalized spacial score (nSPS) is 35.5. The largest absolute Gasteiger partial charge is 0.329 e. The first-order valence-electron chi connectivity index (χ1n) is 7.58. The monoisotopic (exact) mass is 238 g/mol. The lowest BCUT2D eigenvalue weighted by Gasteiger charge is -2.42. The zero-order valence-corrected chi connectivity index (χ0v) is 11.9. The van der Waals surface area contributed by atoms with Crippen molar-refractivity contribution in [1.82, 2.24) is 4.90 Å². The Labute approximate surface area is 107 Å². The fraction of sp³-hybridized carbons (Fsp3) is 1.00. The van der Waals surface area contributed by atoms with E-state index in [0.717, 1.165) is 37.3 Å². The molecular weight excluding hydrogens is 208 g/mol. The van der Waals surface area contributed by atoms with Crippen molar-refractivity contribution in [2.45, 2.75) is 58.4 Å². The molecule has 4 atom stereocenters. The molecule has 2 saturated carbocycles. The summed E-state index contributed by atoms with van der Waals surface area (Å²) in [4.78, 5) is 2.65. The minimum atomic E-state index is 0.219. The lowest BCUT2D eigenvalue weighted by molar-refractivity contribution is 0.0787. The average molecular weight is 238 g/mol. The van der Waals surface area contributed by atoms with Crippen LogP contribution in [0.3, 0.4) is 0 Å². The molecule has 0 radical (unpaired) electrons. The van der Waals surface area contributed by atoms with Crippen molar-refractivity contribution >= 4 is 0 Å². The minimum Gasteiger partial charge on any atom is -0.329 e. The Morgan fingerprint density at radius 1 is 1.24 bits per heavy atom. The molecular formula is C15H30N2. The van der Waals surface area contributed by atoms with Crippen LogP contribution in [-0.4, -0.2) is 30.1 Å². The average Bonchev–Trinajstić information content (AvgIpc) is 2.97. The lowest BCUT2D eigenvalue weighted by Crippen LogP contribution is -2.53. The topological polar surface area (TPSA) is 29.3 Å². The Morgan fingerprint density at radius 2 is 2.00 bits per heavy atom. The van der Waals surface area contributed by atoms with E-state index in [1.165, 1.54) is 32.2 Å². The second-order valence-electron chi connectivity index (χ2n) is 6.53. The summed E-state index contributed by atoms with van der Waals surface area (Å²) in [5, 5.41) is 0. The Bertz CT molecular complexity index is 247. The van der Waals surface area contributed by atoms with Crippen molar-refractivity contribution in [2.75, 3.05) is 19.6 Å². The van der Waals surface area contributed by atoms with Gasteiger partial charge >= 0.3 is 0 Å². The molecule has 2 rings (SSSR count). The first-order chi connectivity index (χ1) is 8.12. The van der Waals surface area contributed by atoms with Crippen LogP contribution in [0.1, 0.15) is 52.9 Å². The summed E-state index contributed by atoms with van der Waals surface area (Å²) in [5.41, 5.74) is 6.22. The number of likely N-dealkylation sites (N-methyl/N-ethyl adjacent to an activating group) is 1. The Balaban J connectivity index is 1.95. The Hall–Kier alpha value is -0.0800. The molecule has 2 aliphatic rings. The van der Waals surface area contributed by atoms with Gasteiger partial charge in [-0.25, -0.2) is 0 Å². The summed E-state index contributed by atoms with van der Waals surface area (Å²) in [7, 11) is 0. The van der Waals surface area contributed by atoms with Crippen LogP contribution in [0.15, 0.2) is 0 Å². The molecule has 2 heteroatoms. The van der Waals surface area contributed by atoms with Crippen molar-refractivity contribution in [3.8, 4) is 0 Å². The summed E-state index contributed by atoms with van der Waals surface area (Å²) in [6, 6.07) is 0. The van der Waals surface area contributed by atoms with Gasteiger partial charge in [-0.1, -0.05) is 20.3 Å². The highest BCUT2D eigenvalue weighted by Gasteiger charge is 2.41. The molecule has 4 unspecified atom stereocenters. The Kier molecular flexibility index (Phi) is 4.14. The zero-order chi connectivity index (χ0) is 12.5. The molecule has 0 saturated heterocycles. The molecule has 0 spiro atoms. The van der Waals surface area contributed by atoms with E-state index in [1.54, 1.807) is 0 Å². The first-order valence-corrected chi connectivity index (χ1v) is 7.58. The van der Waals surface area contributed by atoms with Crippen LogP contribution >= 0.6 is 0 Å². The summed E-state index contributed by atoms with van der Waals surface area (Å²) in [6.07, 6.45) is 7.19. The fourth-order valence-electron chi connectivity index (χ4n) is 4.11. The van der Waals surface area contributed by atoms with E-state index in [2.05, 4.69) is 25.7 Å². The van der Waals surface area contributed by atoms with Crippen LogP contribution in [0.4, 0.5) is 0 Å². The maximum absolute atomic E-state index is 6.00. The van der Waals surface area contributed by atoms with E-state index >= 15 is 0 Å². The Morgan fingerprint density at radius 3 is 2.41 bits per heavy atom. The van der Waals surface area contributed by atoms with E-state index in [-0.39, 0.29) is 5.54 Å². The van der Waals surface area contributed by atoms with Crippen molar-refractivity contribution in [3.05, 3.63) is 0 Å². The van der Waals surface area contributed by atoms with Crippen LogP contribution in [0.2, 0.25) is 0 Å². The van der Waals surface area contributed by atoms with Gasteiger partial charge in [-0.3, -0.25) is 4.90 Å². The molecule has 0 amide bonds. The third-order valence-electron chi connectivity index (χ3n) is 5.69. The van der Waals surface area contributed by atoms with Gasteiger partial charge < -0.3 is 5.73 Å². The highest BCUT2D eigenvalue weighted by atomic mass is 15.2. The number of nitrogens with zero attached hydrogens (tertiary/aromatic N) is 1. The molecule has 0 aromatic heterocycles. The smallest absolute Gasteiger partial charge is 0.0300 e. The van der Waals surface area contributed by atoms with Gasteiger partial charge in [0.15, 0.2) is 0 Å². The number of rotatable bonds is 6. The number of fused-ring (bicyclic) bond motifs is 2. The fourth-order valence-corrected chi connectivity index (χ4v) is 4.11. The van der Waals surface area contributed by atoms with Gasteiger partial charge in [-0.15, -0.1) is 0 Å². The maximum Gasteiger partial charge on any atom is 0.0300 e. The quantitative estimate of drug-likeness (QED) is 0.771. The summed E-state index contributed by atoms with van der Waals surface area (Å²) in [5.74, 6) is 3.06. The SMILES string of the molecule is CCN(CC1CC2CCC1C2)C(C)(CC)CN. The highest BCUT2D eigenvalue weighted by molar-refractivity contribution is 4.94. The molecule has 100 valence electrons. The number of hydrogen-bond acceptors (Lipinski definition) is 2. The zero-order valence-electron chi connectivity index (χ0n) is 11.9. The first kappa shape index (κ1) is 13.4. The van der Waals surface area contributed by atoms with E-state index in [4.69, 9.17) is 5.73 Å². The molecule has 2 fully saturated rings. The van der Waals surface area contributed by atoms with Gasteiger partial charge in [-0.05, 0) is 56.9 Å². The van der Waals surface area contributed by atoms with Gasteiger partial charge in [0.05, 0.1) is 0 Å². The molecule has 2 nitrogen and oxygen atoms in total. The van der Waals surface area contributed by atoms with Crippen LogP contribution < -0.4 is 5.73 Å². The highest BCUT2D eigenvalue weighted by Crippen LogP contribution is 2.48. The van der Waals surface area contributed by atoms with Crippen LogP contribution in [0, 0.1) is 17.8 Å². The standard InChI is InChI=1S/C15H30N2/c1-4-15(3,11-16)17(5-2)10-14-9-12-6-7-13(14)8-12/h12-14H,4-11,16H2,1-3H3. The van der Waals surface area contributed by atoms with E-state index in [0.29, 0.717) is 0 Å². The third kappa shape index (κ3) is 2.53. The molecule has 0 aromatic rings. The van der Waals surface area contributed by atoms with Gasteiger partial charge in [0, 0.05) is 18.6 Å². The number of nitrogens with two attached hydrogens (primary N) is 1. The van der Waals surface area contributed by atoms with Crippen molar-refractivity contribution < 1.29 is 0 Å². The van der Waals surface area contributed by atoms with Crippen LogP contribution in [0.5, 0.6) is 0 Å². The van der Waals surface area contributed by atoms with Crippen molar-refractivity contribution in [2.24, 2.45) is 23.5 Å². The molecule has 2 aliphatic carbocycles. The summed E-state index contributed by atoms with van der Waals surface area (Å²) < 4.78 is 0. The number of hydrogen-bond donors (Lipinski definition) is 1. The second kappa shape index (κ2) is 5.27. The molecule has 17 heavy (non-hydrogen) atoms. The van der Waals surface area contributed by atoms with E-state index < -0.39 is 0 Å². The van der Waals surface area contributed by atoms with Crippen molar-refractivity contribution in [3.63, 3.8) is 0 Å².